The molecule has 5 heteroatoms. The molecule has 0 aliphatic heterocycles. The molecule has 0 amide bonds. The quantitative estimate of drug-likeness (QED) is 0.174. The standard InChI is InChI=1S/C7H7ClN4/c8-7(11-12-9)10-6-4-2-1-3-5-6/h1-5H,(H2,9,10,11)/p+1. The Kier molecular flexibility index (Phi) is 3.37. The van der Waals surface area contributed by atoms with Crippen LogP contribution in [0.4, 0.5) is 5.69 Å². The SMILES string of the molecule is N=NN=C(Cl)[NH2+]c1ccccc1. The largest absolute Gasteiger partial charge is 0.322 e. The Labute approximate surface area is 74.8 Å². The van der Waals surface area contributed by atoms with Gasteiger partial charge in [-0.15, -0.1) is 0 Å². The molecule has 0 unspecified atom stereocenters. The van der Waals surface area contributed by atoms with Crippen molar-refractivity contribution >= 4 is 22.6 Å². The first-order valence-electron chi connectivity index (χ1n) is 3.32. The number of benzene rings is 1. The van der Waals surface area contributed by atoms with E-state index in [0.717, 1.165) is 5.69 Å². The lowest BCUT2D eigenvalue weighted by molar-refractivity contribution is -0.438. The van der Waals surface area contributed by atoms with Crippen molar-refractivity contribution in [1.82, 2.24) is 0 Å². The lowest BCUT2D eigenvalue weighted by Gasteiger charge is -1.93. The van der Waals surface area contributed by atoms with Crippen LogP contribution in [0.5, 0.6) is 0 Å². The van der Waals surface area contributed by atoms with Gasteiger partial charge in [-0.05, 0) is 17.4 Å². The van der Waals surface area contributed by atoms with Crippen molar-refractivity contribution in [3.05, 3.63) is 30.3 Å². The van der Waals surface area contributed by atoms with Gasteiger partial charge in [-0.1, -0.05) is 23.3 Å². The Bertz CT molecular complexity index is 283. The zero-order chi connectivity index (χ0) is 8.81. The minimum absolute atomic E-state index is 0.205. The molecule has 0 aliphatic carbocycles. The molecule has 0 saturated heterocycles. The van der Waals surface area contributed by atoms with Gasteiger partial charge in [-0.2, -0.15) is 5.53 Å². The van der Waals surface area contributed by atoms with Crippen LogP contribution in [0.2, 0.25) is 0 Å². The second-order valence-corrected chi connectivity index (χ2v) is 2.46. The van der Waals surface area contributed by atoms with E-state index in [1.54, 1.807) is 5.32 Å². The van der Waals surface area contributed by atoms with Crippen LogP contribution in [-0.2, 0) is 0 Å². The maximum Gasteiger partial charge on any atom is 0.322 e. The number of amidine groups is 1. The number of para-hydroxylation sites is 1. The Morgan fingerprint density at radius 2 is 2.00 bits per heavy atom. The summed E-state index contributed by atoms with van der Waals surface area (Å²) in [6.45, 7) is 0. The molecule has 1 aromatic carbocycles. The monoisotopic (exact) mass is 183 g/mol. The van der Waals surface area contributed by atoms with Crippen molar-refractivity contribution < 1.29 is 5.32 Å². The zero-order valence-electron chi connectivity index (χ0n) is 6.24. The van der Waals surface area contributed by atoms with Gasteiger partial charge in [0.2, 0.25) is 0 Å². The van der Waals surface area contributed by atoms with E-state index >= 15 is 0 Å². The number of rotatable bonds is 2. The highest BCUT2D eigenvalue weighted by Gasteiger charge is 1.99. The van der Waals surface area contributed by atoms with Crippen LogP contribution in [0.15, 0.2) is 40.7 Å². The van der Waals surface area contributed by atoms with Crippen molar-refractivity contribution in [2.24, 2.45) is 10.3 Å². The molecule has 0 fully saturated rings. The third kappa shape index (κ3) is 2.77. The van der Waals surface area contributed by atoms with Crippen LogP contribution in [-0.4, -0.2) is 5.29 Å². The van der Waals surface area contributed by atoms with Crippen LogP contribution in [0.3, 0.4) is 0 Å². The fraction of sp³-hybridized carbons (Fsp3) is 0. The molecular formula is C7H8ClN4+. The summed E-state index contributed by atoms with van der Waals surface area (Å²) in [5.41, 5.74) is 7.37. The van der Waals surface area contributed by atoms with Crippen molar-refractivity contribution in [3.8, 4) is 0 Å². The van der Waals surface area contributed by atoms with Crippen molar-refractivity contribution in [2.75, 3.05) is 0 Å². The summed E-state index contributed by atoms with van der Waals surface area (Å²) in [4.78, 5) is 0. The second kappa shape index (κ2) is 4.58. The van der Waals surface area contributed by atoms with Gasteiger partial charge in [0, 0.05) is 11.6 Å². The lowest BCUT2D eigenvalue weighted by Crippen LogP contribution is -2.80. The molecule has 0 aromatic heterocycles. The summed E-state index contributed by atoms with van der Waals surface area (Å²) in [6.07, 6.45) is 0. The average Bonchev–Trinajstić information content (AvgIpc) is 2.06. The third-order valence-electron chi connectivity index (χ3n) is 1.23. The van der Waals surface area contributed by atoms with Crippen LogP contribution in [0.1, 0.15) is 0 Å². The van der Waals surface area contributed by atoms with E-state index < -0.39 is 0 Å². The predicted molar refractivity (Wildman–Crippen MR) is 46.5 cm³/mol. The fourth-order valence-corrected chi connectivity index (χ4v) is 0.927. The normalized spacial score (nSPS) is 11.2. The predicted octanol–water partition coefficient (Wildman–Crippen LogP) is 1.42. The van der Waals surface area contributed by atoms with E-state index in [4.69, 9.17) is 17.1 Å². The van der Waals surface area contributed by atoms with Crippen molar-refractivity contribution in [1.29, 1.82) is 5.53 Å². The summed E-state index contributed by atoms with van der Waals surface area (Å²) >= 11 is 5.60. The number of nitrogens with two attached hydrogens (primary N) is 1. The molecule has 0 heterocycles. The number of hydrogen-bond donors (Lipinski definition) is 2. The van der Waals surface area contributed by atoms with Crippen molar-refractivity contribution in [3.63, 3.8) is 0 Å². The summed E-state index contributed by atoms with van der Waals surface area (Å²) in [7, 11) is 0. The lowest BCUT2D eigenvalue weighted by atomic mass is 10.3. The van der Waals surface area contributed by atoms with E-state index in [1.807, 2.05) is 30.3 Å². The molecule has 0 atom stereocenters. The highest BCUT2D eigenvalue weighted by Crippen LogP contribution is 1.96. The molecule has 12 heavy (non-hydrogen) atoms. The Morgan fingerprint density at radius 1 is 1.33 bits per heavy atom. The molecule has 0 aliphatic rings. The third-order valence-corrected chi connectivity index (χ3v) is 1.42. The maximum absolute atomic E-state index is 6.43. The average molecular weight is 184 g/mol. The van der Waals surface area contributed by atoms with E-state index in [0.29, 0.717) is 0 Å². The number of quaternary nitrogens is 1. The Hall–Kier alpha value is -1.26. The molecule has 1 aromatic rings. The summed E-state index contributed by atoms with van der Waals surface area (Å²) in [6, 6.07) is 9.49. The first kappa shape index (κ1) is 8.83. The molecule has 0 bridgehead atoms. The first-order valence-corrected chi connectivity index (χ1v) is 3.70. The van der Waals surface area contributed by atoms with Gasteiger partial charge in [-0.25, -0.2) is 0 Å². The van der Waals surface area contributed by atoms with Crippen LogP contribution in [0, 0.1) is 5.53 Å². The molecule has 0 saturated carbocycles. The van der Waals surface area contributed by atoms with Gasteiger partial charge in [-0.3, -0.25) is 5.32 Å². The molecule has 1 rings (SSSR count). The zero-order valence-corrected chi connectivity index (χ0v) is 6.99. The maximum atomic E-state index is 6.43. The van der Waals surface area contributed by atoms with Crippen LogP contribution < -0.4 is 5.32 Å². The Balaban J connectivity index is 2.64. The topological polar surface area (TPSA) is 65.2 Å². The summed E-state index contributed by atoms with van der Waals surface area (Å²) in [5.74, 6) is 0. The first-order chi connectivity index (χ1) is 5.83. The molecule has 0 spiro atoms. The molecule has 0 radical (unpaired) electrons. The second-order valence-electron chi connectivity index (χ2n) is 2.08. The molecule has 3 N–H and O–H groups in total. The molecule has 4 nitrogen and oxygen atoms in total. The minimum atomic E-state index is 0.205. The molecular weight excluding hydrogens is 176 g/mol. The van der Waals surface area contributed by atoms with Gasteiger partial charge < -0.3 is 0 Å². The van der Waals surface area contributed by atoms with Crippen molar-refractivity contribution in [2.45, 2.75) is 0 Å². The number of halogens is 1. The summed E-state index contributed by atoms with van der Waals surface area (Å²) in [5, 5.41) is 7.99. The highest BCUT2D eigenvalue weighted by atomic mass is 35.5. The van der Waals surface area contributed by atoms with Gasteiger partial charge in [0.15, 0.2) is 0 Å². The van der Waals surface area contributed by atoms with Crippen LogP contribution in [0.25, 0.3) is 0 Å². The van der Waals surface area contributed by atoms with Gasteiger partial charge in [0.25, 0.3) is 0 Å². The van der Waals surface area contributed by atoms with Gasteiger partial charge in [0.05, 0.1) is 0 Å². The summed E-state index contributed by atoms with van der Waals surface area (Å²) < 4.78 is 0. The number of nitrogens with zero attached hydrogens (tertiary/aromatic N) is 2. The van der Waals surface area contributed by atoms with E-state index in [2.05, 4.69) is 10.3 Å². The van der Waals surface area contributed by atoms with E-state index in [-0.39, 0.29) is 5.29 Å². The fourth-order valence-electron chi connectivity index (χ4n) is 0.763. The van der Waals surface area contributed by atoms with Gasteiger partial charge in [0.1, 0.15) is 5.69 Å². The van der Waals surface area contributed by atoms with Gasteiger partial charge >= 0.3 is 5.29 Å². The minimum Gasteiger partial charge on any atom is -0.253 e. The molecule has 62 valence electrons. The smallest absolute Gasteiger partial charge is 0.253 e. The number of hydrogen-bond acceptors (Lipinski definition) is 2. The van der Waals surface area contributed by atoms with E-state index in [1.165, 1.54) is 0 Å². The highest BCUT2D eigenvalue weighted by molar-refractivity contribution is 6.61. The number of nitrogens with one attached hydrogen (secondary N) is 1. The van der Waals surface area contributed by atoms with E-state index in [9.17, 15) is 0 Å². The Morgan fingerprint density at radius 3 is 2.58 bits per heavy atom. The van der Waals surface area contributed by atoms with Crippen LogP contribution >= 0.6 is 11.6 Å².